The van der Waals surface area contributed by atoms with Gasteiger partial charge in [-0.1, -0.05) is 48.5 Å². The van der Waals surface area contributed by atoms with E-state index in [1.165, 1.54) is 10.6 Å². The first-order valence-corrected chi connectivity index (χ1v) is 8.88. The van der Waals surface area contributed by atoms with Gasteiger partial charge in [-0.15, -0.1) is 0 Å². The molecule has 2 aromatic heterocycles. The third-order valence-electron chi connectivity index (χ3n) is 4.33. The Morgan fingerprint density at radius 2 is 1.75 bits per heavy atom. The van der Waals surface area contributed by atoms with Gasteiger partial charge in [0.25, 0.3) is 11.5 Å². The summed E-state index contributed by atoms with van der Waals surface area (Å²) in [6.07, 6.45) is 0. The van der Waals surface area contributed by atoms with E-state index in [4.69, 9.17) is 0 Å². The number of nitrogens with one attached hydrogen (secondary N) is 3. The molecule has 2 heterocycles. The summed E-state index contributed by atoms with van der Waals surface area (Å²) in [4.78, 5) is 29.5. The van der Waals surface area contributed by atoms with E-state index in [1.54, 1.807) is 31.2 Å². The number of anilines is 2. The average molecular weight is 373 g/mol. The van der Waals surface area contributed by atoms with Crippen LogP contribution in [0.5, 0.6) is 0 Å². The van der Waals surface area contributed by atoms with Crippen LogP contribution in [0, 0.1) is 6.92 Å². The largest absolute Gasteiger partial charge is 0.365 e. The number of aromatic amines is 1. The quantitative estimate of drug-likeness (QED) is 0.501. The van der Waals surface area contributed by atoms with Gasteiger partial charge in [0.1, 0.15) is 11.5 Å². The molecule has 140 valence electrons. The Hall–Kier alpha value is -3.87. The van der Waals surface area contributed by atoms with Crippen molar-refractivity contribution in [1.29, 1.82) is 0 Å². The number of rotatable bonds is 5. The first-order valence-electron chi connectivity index (χ1n) is 8.88. The summed E-state index contributed by atoms with van der Waals surface area (Å²) < 4.78 is 1.32. The van der Waals surface area contributed by atoms with Crippen LogP contribution in [0.25, 0.3) is 5.65 Å². The summed E-state index contributed by atoms with van der Waals surface area (Å²) in [5, 5.41) is 9.14. The van der Waals surface area contributed by atoms with Crippen LogP contribution >= 0.6 is 0 Å². The fourth-order valence-electron chi connectivity index (χ4n) is 2.96. The van der Waals surface area contributed by atoms with E-state index in [2.05, 4.69) is 20.7 Å². The summed E-state index contributed by atoms with van der Waals surface area (Å²) in [7, 11) is 0. The summed E-state index contributed by atoms with van der Waals surface area (Å²) in [5.41, 5.74) is 2.72. The highest BCUT2D eigenvalue weighted by Crippen LogP contribution is 2.26. The number of H-pyrrole nitrogens is 1. The van der Waals surface area contributed by atoms with Crippen LogP contribution in [0.3, 0.4) is 0 Å². The molecular weight excluding hydrogens is 354 g/mol. The number of aromatic nitrogens is 3. The Labute approximate surface area is 161 Å². The number of amides is 1. The molecule has 4 aromatic rings. The van der Waals surface area contributed by atoms with Crippen molar-refractivity contribution < 1.29 is 4.79 Å². The van der Waals surface area contributed by atoms with Gasteiger partial charge in [0.15, 0.2) is 5.65 Å². The van der Waals surface area contributed by atoms with Crippen molar-refractivity contribution in [3.8, 4) is 0 Å². The van der Waals surface area contributed by atoms with Gasteiger partial charge < -0.3 is 10.6 Å². The Morgan fingerprint density at radius 3 is 2.46 bits per heavy atom. The summed E-state index contributed by atoms with van der Waals surface area (Å²) in [6, 6.07) is 20.2. The average Bonchev–Trinajstić information content (AvgIpc) is 3.05. The van der Waals surface area contributed by atoms with E-state index >= 15 is 0 Å². The molecule has 3 N–H and O–H groups in total. The number of aryl methyl sites for hydroxylation is 1. The second kappa shape index (κ2) is 7.40. The third kappa shape index (κ3) is 3.50. The first-order chi connectivity index (χ1) is 13.6. The van der Waals surface area contributed by atoms with Crippen LogP contribution < -0.4 is 16.2 Å². The maximum atomic E-state index is 12.7. The highest BCUT2D eigenvalue weighted by atomic mass is 16.2. The zero-order valence-corrected chi connectivity index (χ0v) is 15.3. The van der Waals surface area contributed by atoms with Gasteiger partial charge in [-0.2, -0.15) is 4.52 Å². The molecule has 0 saturated carbocycles. The van der Waals surface area contributed by atoms with Crippen LogP contribution in [0.15, 0.2) is 71.5 Å². The molecule has 0 fully saturated rings. The van der Waals surface area contributed by atoms with Crippen LogP contribution in [0.1, 0.15) is 21.6 Å². The number of carbonyl (C=O) groups is 1. The molecule has 4 rings (SSSR count). The van der Waals surface area contributed by atoms with Gasteiger partial charge in [0.05, 0.1) is 0 Å². The van der Waals surface area contributed by atoms with Crippen LogP contribution in [-0.2, 0) is 6.54 Å². The van der Waals surface area contributed by atoms with E-state index in [0.717, 1.165) is 5.56 Å². The Balaban J connectivity index is 1.73. The predicted molar refractivity (Wildman–Crippen MR) is 109 cm³/mol. The van der Waals surface area contributed by atoms with E-state index in [1.807, 2.05) is 36.4 Å². The predicted octanol–water partition coefficient (Wildman–Crippen LogP) is 3.20. The van der Waals surface area contributed by atoms with Crippen molar-refractivity contribution >= 4 is 23.1 Å². The molecule has 0 aliphatic rings. The van der Waals surface area contributed by atoms with Gasteiger partial charge in [-0.05, 0) is 24.6 Å². The van der Waals surface area contributed by atoms with E-state index < -0.39 is 0 Å². The molecule has 0 radical (unpaired) electrons. The molecule has 7 heteroatoms. The van der Waals surface area contributed by atoms with E-state index in [9.17, 15) is 9.59 Å². The molecule has 0 unspecified atom stereocenters. The topological polar surface area (TPSA) is 91.3 Å². The molecule has 0 saturated heterocycles. The molecule has 0 spiro atoms. The molecule has 0 bridgehead atoms. The van der Waals surface area contributed by atoms with E-state index in [0.29, 0.717) is 35.0 Å². The van der Waals surface area contributed by atoms with Gasteiger partial charge in [0.2, 0.25) is 0 Å². The van der Waals surface area contributed by atoms with Gasteiger partial charge >= 0.3 is 0 Å². The lowest BCUT2D eigenvalue weighted by molar-refractivity contribution is 0.102. The first kappa shape index (κ1) is 17.5. The lowest BCUT2D eigenvalue weighted by Gasteiger charge is -2.09. The van der Waals surface area contributed by atoms with Crippen molar-refractivity contribution in [3.05, 3.63) is 93.9 Å². The second-order valence-electron chi connectivity index (χ2n) is 6.42. The molecule has 1 amide bonds. The minimum absolute atomic E-state index is 0.245. The zero-order valence-electron chi connectivity index (χ0n) is 15.3. The number of nitrogens with zero attached hydrogens (tertiary/aromatic N) is 2. The molecule has 0 atom stereocenters. The number of hydrogen-bond acceptors (Lipinski definition) is 4. The lowest BCUT2D eigenvalue weighted by atomic mass is 10.2. The number of fused-ring (bicyclic) bond motifs is 1. The Bertz CT molecular complexity index is 1180. The maximum absolute atomic E-state index is 12.7. The fraction of sp³-hybridized carbons (Fsp3) is 0.0952. The second-order valence-corrected chi connectivity index (χ2v) is 6.42. The van der Waals surface area contributed by atoms with Crippen molar-refractivity contribution in [3.63, 3.8) is 0 Å². The molecule has 0 aliphatic carbocycles. The maximum Gasteiger partial charge on any atom is 0.273 e. The van der Waals surface area contributed by atoms with Gasteiger partial charge in [0, 0.05) is 23.9 Å². The fourth-order valence-corrected chi connectivity index (χ4v) is 2.96. The Morgan fingerprint density at radius 1 is 1.07 bits per heavy atom. The number of hydrogen-bond donors (Lipinski definition) is 3. The number of benzene rings is 2. The lowest BCUT2D eigenvalue weighted by Crippen LogP contribution is -2.16. The van der Waals surface area contributed by atoms with Crippen molar-refractivity contribution in [1.82, 2.24) is 14.6 Å². The summed E-state index contributed by atoms with van der Waals surface area (Å²) in [6.45, 7) is 2.27. The Kier molecular flexibility index (Phi) is 4.63. The molecular formula is C21H19N5O2. The highest BCUT2D eigenvalue weighted by molar-refractivity contribution is 6.08. The summed E-state index contributed by atoms with van der Waals surface area (Å²) in [5.74, 6) is 0.240. The van der Waals surface area contributed by atoms with E-state index in [-0.39, 0.29) is 11.5 Å². The third-order valence-corrected chi connectivity index (χ3v) is 4.33. The van der Waals surface area contributed by atoms with Crippen molar-refractivity contribution in [2.45, 2.75) is 13.5 Å². The normalized spacial score (nSPS) is 10.8. The smallest absolute Gasteiger partial charge is 0.273 e. The minimum Gasteiger partial charge on any atom is -0.365 e. The monoisotopic (exact) mass is 373 g/mol. The van der Waals surface area contributed by atoms with Crippen LogP contribution in [-0.4, -0.2) is 20.5 Å². The van der Waals surface area contributed by atoms with Gasteiger partial charge in [-0.3, -0.25) is 14.7 Å². The van der Waals surface area contributed by atoms with Crippen molar-refractivity contribution in [2.75, 3.05) is 10.6 Å². The van der Waals surface area contributed by atoms with Crippen LogP contribution in [0.4, 0.5) is 11.5 Å². The molecule has 0 aliphatic heterocycles. The van der Waals surface area contributed by atoms with Crippen molar-refractivity contribution in [2.24, 2.45) is 0 Å². The minimum atomic E-state index is -0.277. The highest BCUT2D eigenvalue weighted by Gasteiger charge is 2.18. The standard InChI is InChI=1S/C21H19N5O2/c1-14-12-17(27)26-20(23-14)18(24-21(28)16-10-6-3-7-11-16)19(25-26)22-13-15-8-4-2-5-9-15/h2-12,22,25H,13H2,1H3,(H,24,28). The summed E-state index contributed by atoms with van der Waals surface area (Å²) >= 11 is 0. The SMILES string of the molecule is Cc1cc(=O)n2[nH]c(NCc3ccccc3)c(NC(=O)c3ccccc3)c2n1. The number of carbonyl (C=O) groups excluding carboxylic acids is 1. The molecule has 2 aromatic carbocycles. The van der Waals surface area contributed by atoms with Crippen LogP contribution in [0.2, 0.25) is 0 Å². The molecule has 28 heavy (non-hydrogen) atoms. The van der Waals surface area contributed by atoms with Gasteiger partial charge in [-0.25, -0.2) is 4.98 Å². The zero-order chi connectivity index (χ0) is 19.5. The molecule has 7 nitrogen and oxygen atoms in total.